The van der Waals surface area contributed by atoms with Gasteiger partial charge in [0.15, 0.2) is 5.17 Å². The van der Waals surface area contributed by atoms with Crippen LogP contribution in [0.15, 0.2) is 35.6 Å². The van der Waals surface area contributed by atoms with Crippen LogP contribution in [0.4, 0.5) is 8.78 Å². The van der Waals surface area contributed by atoms with Gasteiger partial charge in [0.2, 0.25) is 0 Å². The zero-order valence-electron chi connectivity index (χ0n) is 15.3. The van der Waals surface area contributed by atoms with Gasteiger partial charge in [-0.15, -0.1) is 0 Å². The molecule has 1 aliphatic heterocycles. The molecule has 2 atom stereocenters. The van der Waals surface area contributed by atoms with E-state index in [2.05, 4.69) is 15.0 Å². The topological polar surface area (TPSA) is 73.4 Å². The van der Waals surface area contributed by atoms with E-state index >= 15 is 0 Å². The molecule has 2 heterocycles. The van der Waals surface area contributed by atoms with Crippen molar-refractivity contribution in [2.75, 3.05) is 12.4 Å². The summed E-state index contributed by atoms with van der Waals surface area (Å²) in [5.74, 6) is -0.581. The van der Waals surface area contributed by atoms with E-state index in [0.29, 0.717) is 22.2 Å². The molecule has 8 heteroatoms. The van der Waals surface area contributed by atoms with Crippen molar-refractivity contribution < 1.29 is 13.5 Å². The highest BCUT2D eigenvalue weighted by molar-refractivity contribution is 8.13. The third-order valence-electron chi connectivity index (χ3n) is 4.71. The second-order valence-electron chi connectivity index (χ2n) is 6.56. The number of aliphatic imine (C=N–C) groups is 1. The monoisotopic (exact) mass is 392 g/mol. The molecule has 0 bridgehead atoms. The summed E-state index contributed by atoms with van der Waals surface area (Å²) in [7, 11) is 0. The highest BCUT2D eigenvalue weighted by Crippen LogP contribution is 2.43. The predicted octanol–water partition coefficient (Wildman–Crippen LogP) is 3.56. The van der Waals surface area contributed by atoms with Gasteiger partial charge in [-0.25, -0.2) is 13.8 Å². The number of ether oxygens (including phenoxy) is 1. The molecule has 0 amide bonds. The van der Waals surface area contributed by atoms with Crippen molar-refractivity contribution in [3.05, 3.63) is 59.2 Å². The Hall–Kier alpha value is -2.06. The Morgan fingerprint density at radius 3 is 2.78 bits per heavy atom. The molecule has 0 unspecified atom stereocenters. The number of nitrogens with zero attached hydrogens (tertiary/aromatic N) is 3. The fourth-order valence-electron chi connectivity index (χ4n) is 3.25. The fraction of sp³-hybridized carbons (Fsp3) is 0.421. The number of aromatic nitrogens is 2. The van der Waals surface area contributed by atoms with Crippen LogP contribution >= 0.6 is 11.8 Å². The smallest absolute Gasteiger partial charge is 0.154 e. The van der Waals surface area contributed by atoms with Crippen molar-refractivity contribution in [3.63, 3.8) is 0 Å². The van der Waals surface area contributed by atoms with Gasteiger partial charge >= 0.3 is 0 Å². The molecular formula is C19H22F2N4OS. The fourth-order valence-corrected chi connectivity index (χ4v) is 4.36. The predicted molar refractivity (Wildman–Crippen MR) is 102 cm³/mol. The summed E-state index contributed by atoms with van der Waals surface area (Å²) >= 11 is 1.44. The Bertz CT molecular complexity index is 831. The van der Waals surface area contributed by atoms with E-state index in [1.54, 1.807) is 12.4 Å². The summed E-state index contributed by atoms with van der Waals surface area (Å²) < 4.78 is 34.0. The van der Waals surface area contributed by atoms with Gasteiger partial charge in [0.05, 0.1) is 30.8 Å². The molecular weight excluding hydrogens is 370 g/mol. The van der Waals surface area contributed by atoms with Crippen LogP contribution in [0.2, 0.25) is 0 Å². The second kappa shape index (κ2) is 8.31. The van der Waals surface area contributed by atoms with Crippen LogP contribution in [0.25, 0.3) is 0 Å². The van der Waals surface area contributed by atoms with E-state index in [9.17, 15) is 8.78 Å². The van der Waals surface area contributed by atoms with Crippen LogP contribution in [0.1, 0.15) is 30.3 Å². The Kier molecular flexibility index (Phi) is 6.06. The van der Waals surface area contributed by atoms with Gasteiger partial charge in [0.1, 0.15) is 17.2 Å². The molecule has 0 saturated heterocycles. The Balaban J connectivity index is 1.92. The van der Waals surface area contributed by atoms with Crippen molar-refractivity contribution in [2.24, 2.45) is 16.6 Å². The average molecular weight is 392 g/mol. The summed E-state index contributed by atoms with van der Waals surface area (Å²) in [6, 6.07) is 3.56. The molecule has 0 radical (unpaired) electrons. The quantitative estimate of drug-likeness (QED) is 0.814. The molecule has 144 valence electrons. The highest BCUT2D eigenvalue weighted by Gasteiger charge is 2.44. The molecule has 0 spiro atoms. The summed E-state index contributed by atoms with van der Waals surface area (Å²) in [5, 5.41) is 0.377. The molecule has 27 heavy (non-hydrogen) atoms. The van der Waals surface area contributed by atoms with Gasteiger partial charge in [-0.2, -0.15) is 0 Å². The lowest BCUT2D eigenvalue weighted by molar-refractivity contribution is 0.0469. The van der Waals surface area contributed by atoms with Crippen LogP contribution in [0, 0.1) is 24.5 Å². The number of halogens is 2. The van der Waals surface area contributed by atoms with Crippen molar-refractivity contribution in [3.8, 4) is 0 Å². The molecule has 1 aliphatic rings. The molecule has 1 aromatic carbocycles. The van der Waals surface area contributed by atoms with Gasteiger partial charge in [-0.1, -0.05) is 24.8 Å². The number of hydrogen-bond acceptors (Lipinski definition) is 6. The first-order valence-electron chi connectivity index (χ1n) is 8.73. The lowest BCUT2D eigenvalue weighted by Crippen LogP contribution is -2.44. The lowest BCUT2D eigenvalue weighted by atomic mass is 9.78. The van der Waals surface area contributed by atoms with Crippen molar-refractivity contribution in [1.82, 2.24) is 9.97 Å². The maximum Gasteiger partial charge on any atom is 0.154 e. The van der Waals surface area contributed by atoms with Gasteiger partial charge < -0.3 is 10.5 Å². The third-order valence-corrected chi connectivity index (χ3v) is 5.67. The van der Waals surface area contributed by atoms with E-state index < -0.39 is 17.2 Å². The molecule has 0 saturated carbocycles. The summed E-state index contributed by atoms with van der Waals surface area (Å²) in [6.07, 6.45) is 4.07. The number of rotatable bonds is 6. The van der Waals surface area contributed by atoms with E-state index in [1.807, 2.05) is 13.8 Å². The van der Waals surface area contributed by atoms with E-state index in [0.717, 1.165) is 18.2 Å². The zero-order valence-corrected chi connectivity index (χ0v) is 16.1. The minimum atomic E-state index is -1.00. The first-order chi connectivity index (χ1) is 12.9. The number of aryl methyl sites for hydroxylation is 1. The maximum absolute atomic E-state index is 14.7. The first-order valence-corrected chi connectivity index (χ1v) is 9.72. The van der Waals surface area contributed by atoms with Crippen LogP contribution in [0.5, 0.6) is 0 Å². The summed E-state index contributed by atoms with van der Waals surface area (Å²) in [4.78, 5) is 13.1. The van der Waals surface area contributed by atoms with Gasteiger partial charge in [-0.3, -0.25) is 9.97 Å². The number of nitrogens with two attached hydrogens (primary N) is 1. The average Bonchev–Trinajstić information content (AvgIpc) is 2.63. The van der Waals surface area contributed by atoms with Crippen molar-refractivity contribution in [1.29, 1.82) is 0 Å². The molecule has 0 aliphatic carbocycles. The number of thioether (sulfide) groups is 1. The number of hydrogen-bond donors (Lipinski definition) is 1. The molecule has 0 fully saturated rings. The van der Waals surface area contributed by atoms with Crippen LogP contribution in [0.3, 0.4) is 0 Å². The molecule has 3 rings (SSSR count). The molecule has 1 aromatic heterocycles. The van der Waals surface area contributed by atoms with E-state index in [4.69, 9.17) is 10.5 Å². The largest absolute Gasteiger partial charge is 0.379 e. The Morgan fingerprint density at radius 1 is 1.30 bits per heavy atom. The summed E-state index contributed by atoms with van der Waals surface area (Å²) in [5.41, 5.74) is 6.77. The van der Waals surface area contributed by atoms with Gasteiger partial charge in [0.25, 0.3) is 0 Å². The number of amidine groups is 1. The van der Waals surface area contributed by atoms with Crippen LogP contribution in [-0.2, 0) is 16.9 Å². The molecule has 5 nitrogen and oxygen atoms in total. The van der Waals surface area contributed by atoms with Gasteiger partial charge in [0, 0.05) is 23.6 Å². The standard InChI is InChI=1S/C19H22F2N4OS/c1-3-13-10-27-18(22)25-19(13,16-5-4-14(20)6-17(16)21)11-26-9-15-8-23-12(2)7-24-15/h4-8,13H,3,9-11H2,1-2H3,(H2,22,25)/t13-,19-/m1/s1. The van der Waals surface area contributed by atoms with Gasteiger partial charge in [-0.05, 0) is 25.3 Å². The Labute approximate surface area is 161 Å². The maximum atomic E-state index is 14.7. The van der Waals surface area contributed by atoms with Crippen LogP contribution < -0.4 is 5.73 Å². The normalized spacial score (nSPS) is 22.5. The van der Waals surface area contributed by atoms with E-state index in [1.165, 1.54) is 23.9 Å². The Morgan fingerprint density at radius 2 is 2.11 bits per heavy atom. The highest BCUT2D eigenvalue weighted by atomic mass is 32.2. The third kappa shape index (κ3) is 4.27. The minimum Gasteiger partial charge on any atom is -0.379 e. The van der Waals surface area contributed by atoms with Crippen molar-refractivity contribution in [2.45, 2.75) is 32.4 Å². The summed E-state index contributed by atoms with van der Waals surface area (Å²) in [6.45, 7) is 4.21. The zero-order chi connectivity index (χ0) is 19.4. The van der Waals surface area contributed by atoms with Crippen molar-refractivity contribution >= 4 is 16.9 Å². The number of benzene rings is 1. The second-order valence-corrected chi connectivity index (χ2v) is 7.60. The van der Waals surface area contributed by atoms with E-state index in [-0.39, 0.29) is 19.1 Å². The molecule has 2 N–H and O–H groups in total. The lowest BCUT2D eigenvalue weighted by Gasteiger charge is -2.40. The first kappa shape index (κ1) is 19.7. The van der Waals surface area contributed by atoms with Crippen LogP contribution in [-0.4, -0.2) is 27.5 Å². The minimum absolute atomic E-state index is 0.00105. The molecule has 2 aromatic rings. The SMILES string of the molecule is CC[C@@H]1CSC(N)=N[C@@]1(COCc1cnc(C)cn1)c1ccc(F)cc1F.